The molecule has 0 spiro atoms. The summed E-state index contributed by atoms with van der Waals surface area (Å²) < 4.78 is 0. The van der Waals surface area contributed by atoms with Crippen molar-refractivity contribution in [3.8, 4) is 0 Å². The molecule has 0 aliphatic heterocycles. The molecule has 0 saturated carbocycles. The number of nitrogens with one attached hydrogen (secondary N) is 2. The van der Waals surface area contributed by atoms with Gasteiger partial charge in [-0.05, 0) is 19.1 Å². The van der Waals surface area contributed by atoms with Crippen molar-refractivity contribution in [1.29, 1.82) is 0 Å². The van der Waals surface area contributed by atoms with Gasteiger partial charge in [-0.1, -0.05) is 23.7 Å². The predicted molar refractivity (Wildman–Crippen MR) is 58.1 cm³/mol. The summed E-state index contributed by atoms with van der Waals surface area (Å²) in [5, 5.41) is 10.7. The number of H-pyrrole nitrogens is 1. The van der Waals surface area contributed by atoms with E-state index in [-0.39, 0.29) is 0 Å². The Morgan fingerprint density at radius 1 is 1.36 bits per heavy atom. The number of anilines is 2. The van der Waals surface area contributed by atoms with Crippen LogP contribution in [-0.2, 0) is 0 Å². The first-order valence-electron chi connectivity index (χ1n) is 4.29. The van der Waals surface area contributed by atoms with Crippen molar-refractivity contribution in [3.05, 3.63) is 41.0 Å². The van der Waals surface area contributed by atoms with E-state index in [4.69, 9.17) is 11.6 Å². The van der Waals surface area contributed by atoms with Crippen molar-refractivity contribution in [3.63, 3.8) is 0 Å². The van der Waals surface area contributed by atoms with E-state index in [1.165, 1.54) is 0 Å². The maximum atomic E-state index is 5.98. The number of rotatable bonds is 2. The van der Waals surface area contributed by atoms with Crippen LogP contribution < -0.4 is 5.32 Å². The molecular weight excluding hydrogens is 198 g/mol. The minimum absolute atomic E-state index is 0.688. The van der Waals surface area contributed by atoms with Gasteiger partial charge in [-0.3, -0.25) is 5.10 Å². The van der Waals surface area contributed by atoms with E-state index in [1.807, 2.05) is 37.3 Å². The number of aryl methyl sites for hydroxylation is 1. The molecule has 0 bridgehead atoms. The van der Waals surface area contributed by atoms with Crippen molar-refractivity contribution >= 4 is 23.1 Å². The highest BCUT2D eigenvalue weighted by Gasteiger charge is 2.01. The van der Waals surface area contributed by atoms with Crippen molar-refractivity contribution in [1.82, 2.24) is 10.2 Å². The van der Waals surface area contributed by atoms with Crippen LogP contribution in [0.4, 0.5) is 11.5 Å². The van der Waals surface area contributed by atoms with Crippen molar-refractivity contribution in [2.24, 2.45) is 0 Å². The normalized spacial score (nSPS) is 10.1. The zero-order valence-electron chi connectivity index (χ0n) is 7.71. The van der Waals surface area contributed by atoms with Gasteiger partial charge in [0.2, 0.25) is 0 Å². The van der Waals surface area contributed by atoms with Crippen LogP contribution in [0.15, 0.2) is 30.3 Å². The molecule has 1 aromatic heterocycles. The second-order valence-corrected chi connectivity index (χ2v) is 3.45. The number of halogens is 1. The summed E-state index contributed by atoms with van der Waals surface area (Å²) in [6.07, 6.45) is 0. The highest BCUT2D eigenvalue weighted by atomic mass is 35.5. The van der Waals surface area contributed by atoms with E-state index in [9.17, 15) is 0 Å². The lowest BCUT2D eigenvalue weighted by molar-refractivity contribution is 1.05. The molecule has 2 rings (SSSR count). The Balaban J connectivity index is 2.23. The summed E-state index contributed by atoms with van der Waals surface area (Å²) >= 11 is 5.98. The molecule has 0 aliphatic carbocycles. The summed E-state index contributed by atoms with van der Waals surface area (Å²) in [7, 11) is 0. The lowest BCUT2D eigenvalue weighted by Gasteiger charge is -2.03. The molecule has 2 aromatic rings. The quantitative estimate of drug-likeness (QED) is 0.795. The number of nitrogens with zero attached hydrogens (tertiary/aromatic N) is 1. The van der Waals surface area contributed by atoms with Gasteiger partial charge in [-0.25, -0.2) is 0 Å². The molecule has 14 heavy (non-hydrogen) atoms. The lowest BCUT2D eigenvalue weighted by Crippen LogP contribution is -1.90. The molecule has 0 atom stereocenters. The number of para-hydroxylation sites is 1. The van der Waals surface area contributed by atoms with E-state index in [0.717, 1.165) is 17.2 Å². The molecule has 0 saturated heterocycles. The average molecular weight is 208 g/mol. The standard InChI is InChI=1S/C10H10ClN3/c1-7-6-10(14-13-7)12-9-5-3-2-4-8(9)11/h2-6H,1H3,(H2,12,13,14). The molecule has 0 aliphatic rings. The summed E-state index contributed by atoms with van der Waals surface area (Å²) in [6.45, 7) is 1.95. The summed E-state index contributed by atoms with van der Waals surface area (Å²) in [5.41, 5.74) is 1.88. The van der Waals surface area contributed by atoms with Gasteiger partial charge in [0, 0.05) is 11.8 Å². The van der Waals surface area contributed by atoms with Crippen LogP contribution in [0.3, 0.4) is 0 Å². The molecule has 0 fully saturated rings. The topological polar surface area (TPSA) is 40.7 Å². The third kappa shape index (κ3) is 1.88. The molecule has 3 nitrogen and oxygen atoms in total. The molecule has 1 heterocycles. The second kappa shape index (κ2) is 3.72. The first-order valence-corrected chi connectivity index (χ1v) is 4.67. The van der Waals surface area contributed by atoms with Gasteiger partial charge in [-0.2, -0.15) is 5.10 Å². The van der Waals surface area contributed by atoms with E-state index in [2.05, 4.69) is 15.5 Å². The zero-order valence-corrected chi connectivity index (χ0v) is 8.47. The van der Waals surface area contributed by atoms with Gasteiger partial charge >= 0.3 is 0 Å². The van der Waals surface area contributed by atoms with E-state index in [0.29, 0.717) is 5.02 Å². The van der Waals surface area contributed by atoms with Gasteiger partial charge in [0.1, 0.15) is 0 Å². The van der Waals surface area contributed by atoms with E-state index >= 15 is 0 Å². The number of aromatic amines is 1. The molecule has 1 aromatic carbocycles. The first kappa shape index (κ1) is 9.09. The molecule has 0 amide bonds. The third-order valence-corrected chi connectivity index (χ3v) is 2.17. The van der Waals surface area contributed by atoms with Crippen LogP contribution in [0.1, 0.15) is 5.69 Å². The number of hydrogen-bond acceptors (Lipinski definition) is 2. The monoisotopic (exact) mass is 207 g/mol. The Bertz CT molecular complexity index is 436. The van der Waals surface area contributed by atoms with Gasteiger partial charge in [0.25, 0.3) is 0 Å². The van der Waals surface area contributed by atoms with Crippen molar-refractivity contribution in [2.75, 3.05) is 5.32 Å². The van der Waals surface area contributed by atoms with Crippen molar-refractivity contribution < 1.29 is 0 Å². The minimum Gasteiger partial charge on any atom is -0.338 e. The Kier molecular flexibility index (Phi) is 2.41. The largest absolute Gasteiger partial charge is 0.338 e. The summed E-state index contributed by atoms with van der Waals surface area (Å²) in [6, 6.07) is 9.48. The zero-order chi connectivity index (χ0) is 9.97. The molecule has 72 valence electrons. The fourth-order valence-corrected chi connectivity index (χ4v) is 1.37. The maximum Gasteiger partial charge on any atom is 0.152 e. The molecular formula is C10H10ClN3. The van der Waals surface area contributed by atoms with Crippen molar-refractivity contribution in [2.45, 2.75) is 6.92 Å². The predicted octanol–water partition coefficient (Wildman–Crippen LogP) is 3.12. The van der Waals surface area contributed by atoms with E-state index < -0.39 is 0 Å². The Morgan fingerprint density at radius 2 is 2.14 bits per heavy atom. The van der Waals surface area contributed by atoms with Gasteiger partial charge < -0.3 is 5.32 Å². The van der Waals surface area contributed by atoms with Gasteiger partial charge in [0.05, 0.1) is 10.7 Å². The second-order valence-electron chi connectivity index (χ2n) is 3.04. The number of hydrogen-bond donors (Lipinski definition) is 2. The Labute approximate surface area is 87.1 Å². The molecule has 2 N–H and O–H groups in total. The first-order chi connectivity index (χ1) is 6.75. The summed E-state index contributed by atoms with van der Waals surface area (Å²) in [4.78, 5) is 0. The highest BCUT2D eigenvalue weighted by molar-refractivity contribution is 6.33. The van der Waals surface area contributed by atoms with Crippen LogP contribution in [0.25, 0.3) is 0 Å². The average Bonchev–Trinajstić information content (AvgIpc) is 2.56. The SMILES string of the molecule is Cc1cc(Nc2ccccc2Cl)n[nH]1. The van der Waals surface area contributed by atoms with Gasteiger partial charge in [-0.15, -0.1) is 0 Å². The fraction of sp³-hybridized carbons (Fsp3) is 0.100. The van der Waals surface area contributed by atoms with Crippen LogP contribution in [0, 0.1) is 6.92 Å². The number of benzene rings is 1. The highest BCUT2D eigenvalue weighted by Crippen LogP contribution is 2.23. The van der Waals surface area contributed by atoms with E-state index in [1.54, 1.807) is 0 Å². The van der Waals surface area contributed by atoms with Crippen LogP contribution in [0.2, 0.25) is 5.02 Å². The fourth-order valence-electron chi connectivity index (χ4n) is 1.18. The molecule has 0 unspecified atom stereocenters. The number of aromatic nitrogens is 2. The van der Waals surface area contributed by atoms with Crippen LogP contribution in [0.5, 0.6) is 0 Å². The molecule has 0 radical (unpaired) electrons. The van der Waals surface area contributed by atoms with Crippen LogP contribution in [-0.4, -0.2) is 10.2 Å². The smallest absolute Gasteiger partial charge is 0.152 e. The Hall–Kier alpha value is -1.48. The maximum absolute atomic E-state index is 5.98. The Morgan fingerprint density at radius 3 is 2.79 bits per heavy atom. The van der Waals surface area contributed by atoms with Crippen LogP contribution >= 0.6 is 11.6 Å². The molecule has 4 heteroatoms. The third-order valence-electron chi connectivity index (χ3n) is 1.84. The lowest BCUT2D eigenvalue weighted by atomic mass is 10.3. The summed E-state index contributed by atoms with van der Waals surface area (Å²) in [5.74, 6) is 0.774. The minimum atomic E-state index is 0.688. The van der Waals surface area contributed by atoms with Gasteiger partial charge in [0.15, 0.2) is 5.82 Å².